The maximum Gasteiger partial charge on any atom is 0.259 e. The highest BCUT2D eigenvalue weighted by Gasteiger charge is 2.44. The minimum absolute atomic E-state index is 0.358. The van der Waals surface area contributed by atoms with Gasteiger partial charge in [-0.05, 0) is 34.4 Å². The molecule has 0 bridgehead atoms. The van der Waals surface area contributed by atoms with E-state index in [1.165, 1.54) is 0 Å². The number of nitrogens with one attached hydrogen (secondary N) is 2. The van der Waals surface area contributed by atoms with Crippen molar-refractivity contribution in [1.29, 1.82) is 0 Å². The molecule has 3 heterocycles. The van der Waals surface area contributed by atoms with Gasteiger partial charge in [0.1, 0.15) is 0 Å². The van der Waals surface area contributed by atoms with E-state index in [2.05, 4.69) is 15.3 Å². The van der Waals surface area contributed by atoms with Gasteiger partial charge in [0.05, 0.1) is 22.7 Å². The summed E-state index contributed by atoms with van der Waals surface area (Å²) in [6, 6.07) is 19.3. The standard InChI is InChI=1S/C27H17N3O3/c31-25(13-6-5-11-28-12-13)20-15-8-2-1-7-14(15)18-21(20)23-22(26(32)30-27(23)33)19-16-9-3-4-10-17(16)29-24(18)19/h1-12,20,25,29,31H,(H,30,32,33). The van der Waals surface area contributed by atoms with Crippen LogP contribution in [-0.2, 0) is 0 Å². The number of hydrogen-bond donors (Lipinski definition) is 3. The third kappa shape index (κ3) is 2.28. The van der Waals surface area contributed by atoms with Crippen LogP contribution in [0, 0.1) is 0 Å². The highest BCUT2D eigenvalue weighted by Crippen LogP contribution is 2.55. The molecule has 0 saturated carbocycles. The smallest absolute Gasteiger partial charge is 0.259 e. The quantitative estimate of drug-likeness (QED) is 0.360. The zero-order chi connectivity index (χ0) is 22.3. The van der Waals surface area contributed by atoms with Crippen molar-refractivity contribution in [2.24, 2.45) is 0 Å². The number of rotatable bonds is 2. The molecule has 0 spiro atoms. The normalized spacial score (nSPS) is 17.2. The lowest BCUT2D eigenvalue weighted by Gasteiger charge is -2.22. The number of nitrogens with zero attached hydrogens (tertiary/aromatic N) is 1. The molecule has 7 rings (SSSR count). The second-order valence-corrected chi connectivity index (χ2v) is 8.54. The molecule has 2 aliphatic rings. The van der Waals surface area contributed by atoms with E-state index in [0.29, 0.717) is 22.3 Å². The molecule has 33 heavy (non-hydrogen) atoms. The van der Waals surface area contributed by atoms with E-state index in [1.54, 1.807) is 18.5 Å². The third-order valence-electron chi connectivity index (χ3n) is 6.89. The maximum absolute atomic E-state index is 13.2. The number of carbonyl (C=O) groups excluding carboxylic acids is 2. The summed E-state index contributed by atoms with van der Waals surface area (Å²) in [5.41, 5.74) is 6.51. The average Bonchev–Trinajstić information content (AvgIpc) is 3.48. The van der Waals surface area contributed by atoms with Gasteiger partial charge in [-0.15, -0.1) is 0 Å². The Balaban J connectivity index is 1.67. The fraction of sp³-hybridized carbons (Fsp3) is 0.0741. The molecule has 2 aromatic heterocycles. The Morgan fingerprint density at radius 2 is 1.67 bits per heavy atom. The first-order valence-electron chi connectivity index (χ1n) is 10.8. The summed E-state index contributed by atoms with van der Waals surface area (Å²) < 4.78 is 0. The van der Waals surface area contributed by atoms with E-state index in [9.17, 15) is 14.7 Å². The second-order valence-electron chi connectivity index (χ2n) is 8.54. The van der Waals surface area contributed by atoms with Crippen LogP contribution < -0.4 is 5.32 Å². The zero-order valence-electron chi connectivity index (χ0n) is 17.3. The number of aromatic amines is 1. The van der Waals surface area contributed by atoms with Crippen LogP contribution in [0.25, 0.3) is 32.9 Å². The SMILES string of the molecule is O=C1NC(=O)c2c1c1c(c3[nH]c4ccccc4c23)-c2ccccc2C1C(O)c1cccnc1. The Bertz CT molecular complexity index is 1650. The van der Waals surface area contributed by atoms with Gasteiger partial charge < -0.3 is 10.1 Å². The van der Waals surface area contributed by atoms with Gasteiger partial charge in [0.15, 0.2) is 0 Å². The lowest BCUT2D eigenvalue weighted by atomic mass is 9.83. The van der Waals surface area contributed by atoms with Crippen LogP contribution >= 0.6 is 0 Å². The summed E-state index contributed by atoms with van der Waals surface area (Å²) in [6.45, 7) is 0. The Labute approximate surface area is 187 Å². The van der Waals surface area contributed by atoms with Gasteiger partial charge in [0, 0.05) is 40.2 Å². The summed E-state index contributed by atoms with van der Waals surface area (Å²) in [7, 11) is 0. The van der Waals surface area contributed by atoms with Crippen molar-refractivity contribution < 1.29 is 14.7 Å². The molecule has 5 aromatic rings. The van der Waals surface area contributed by atoms with Crippen molar-refractivity contribution in [3.05, 3.63) is 101 Å². The molecule has 0 saturated heterocycles. The summed E-state index contributed by atoms with van der Waals surface area (Å²) in [5, 5.41) is 15.7. The van der Waals surface area contributed by atoms with Gasteiger partial charge in [0.25, 0.3) is 11.8 Å². The molecule has 2 unspecified atom stereocenters. The van der Waals surface area contributed by atoms with Gasteiger partial charge in [-0.2, -0.15) is 0 Å². The number of carbonyl (C=O) groups is 2. The summed E-state index contributed by atoms with van der Waals surface area (Å²) in [6.07, 6.45) is 2.36. The lowest BCUT2D eigenvalue weighted by molar-refractivity contribution is 0.0879. The highest BCUT2D eigenvalue weighted by molar-refractivity contribution is 6.33. The van der Waals surface area contributed by atoms with E-state index in [4.69, 9.17) is 0 Å². The first-order chi connectivity index (χ1) is 16.1. The minimum Gasteiger partial charge on any atom is -0.387 e. The number of pyridine rings is 1. The van der Waals surface area contributed by atoms with Crippen molar-refractivity contribution in [3.8, 4) is 11.1 Å². The fourth-order valence-corrected chi connectivity index (χ4v) is 5.61. The largest absolute Gasteiger partial charge is 0.387 e. The van der Waals surface area contributed by atoms with E-state index in [-0.39, 0.29) is 0 Å². The molecular formula is C27H17N3O3. The number of imide groups is 1. The van der Waals surface area contributed by atoms with Crippen molar-refractivity contribution in [1.82, 2.24) is 15.3 Å². The number of aliphatic hydroxyl groups excluding tert-OH is 1. The van der Waals surface area contributed by atoms with Crippen LogP contribution in [0.15, 0.2) is 73.1 Å². The Morgan fingerprint density at radius 1 is 0.879 bits per heavy atom. The first kappa shape index (κ1) is 18.3. The number of amides is 2. The topological polar surface area (TPSA) is 95.1 Å². The number of fused-ring (bicyclic) bond motifs is 10. The van der Waals surface area contributed by atoms with Gasteiger partial charge in [-0.3, -0.25) is 19.9 Å². The molecule has 158 valence electrons. The van der Waals surface area contributed by atoms with Gasteiger partial charge in [0.2, 0.25) is 0 Å². The van der Waals surface area contributed by atoms with Crippen molar-refractivity contribution >= 4 is 33.6 Å². The molecule has 6 nitrogen and oxygen atoms in total. The lowest BCUT2D eigenvalue weighted by Crippen LogP contribution is -2.21. The number of aromatic nitrogens is 2. The van der Waals surface area contributed by atoms with Crippen molar-refractivity contribution in [2.75, 3.05) is 0 Å². The summed E-state index contributed by atoms with van der Waals surface area (Å²) in [5.74, 6) is -1.34. The van der Waals surface area contributed by atoms with E-state index < -0.39 is 23.8 Å². The molecule has 1 aliphatic heterocycles. The predicted molar refractivity (Wildman–Crippen MR) is 124 cm³/mol. The molecule has 3 N–H and O–H groups in total. The molecule has 2 amide bonds. The fourth-order valence-electron chi connectivity index (χ4n) is 5.61. The number of para-hydroxylation sites is 1. The summed E-state index contributed by atoms with van der Waals surface area (Å²) in [4.78, 5) is 33.9. The molecule has 0 fully saturated rings. The Hall–Kier alpha value is -4.29. The third-order valence-corrected chi connectivity index (χ3v) is 6.89. The first-order valence-corrected chi connectivity index (χ1v) is 10.8. The van der Waals surface area contributed by atoms with Crippen LogP contribution in [0.2, 0.25) is 0 Å². The molecule has 3 aromatic carbocycles. The average molecular weight is 431 g/mol. The van der Waals surface area contributed by atoms with E-state index in [0.717, 1.165) is 38.5 Å². The molecule has 2 atom stereocenters. The summed E-state index contributed by atoms with van der Waals surface area (Å²) >= 11 is 0. The maximum atomic E-state index is 13.2. The van der Waals surface area contributed by atoms with Gasteiger partial charge in [-0.1, -0.05) is 48.5 Å². The van der Waals surface area contributed by atoms with Crippen molar-refractivity contribution in [3.63, 3.8) is 0 Å². The molecule has 1 aliphatic carbocycles. The van der Waals surface area contributed by atoms with Gasteiger partial charge in [-0.25, -0.2) is 0 Å². The van der Waals surface area contributed by atoms with Crippen molar-refractivity contribution in [2.45, 2.75) is 12.0 Å². The monoisotopic (exact) mass is 431 g/mol. The van der Waals surface area contributed by atoms with E-state index >= 15 is 0 Å². The molecule has 6 heteroatoms. The van der Waals surface area contributed by atoms with Crippen LogP contribution in [0.5, 0.6) is 0 Å². The number of aliphatic hydroxyl groups is 1. The van der Waals surface area contributed by atoms with E-state index in [1.807, 2.05) is 54.6 Å². The Kier molecular flexibility index (Phi) is 3.53. The highest BCUT2D eigenvalue weighted by atomic mass is 16.3. The predicted octanol–water partition coefficient (Wildman–Crippen LogP) is 4.45. The second kappa shape index (κ2) is 6.37. The van der Waals surface area contributed by atoms with Crippen LogP contribution in [0.1, 0.15) is 49.4 Å². The molecule has 0 radical (unpaired) electrons. The van der Waals surface area contributed by atoms with Crippen LogP contribution in [-0.4, -0.2) is 26.9 Å². The number of H-pyrrole nitrogens is 1. The van der Waals surface area contributed by atoms with Gasteiger partial charge >= 0.3 is 0 Å². The number of benzene rings is 3. The minimum atomic E-state index is -0.935. The van der Waals surface area contributed by atoms with Crippen LogP contribution in [0.3, 0.4) is 0 Å². The number of hydrogen-bond acceptors (Lipinski definition) is 4. The van der Waals surface area contributed by atoms with Crippen LogP contribution in [0.4, 0.5) is 0 Å². The Morgan fingerprint density at radius 3 is 2.52 bits per heavy atom. The molecular weight excluding hydrogens is 414 g/mol. The zero-order valence-corrected chi connectivity index (χ0v) is 17.3.